The second kappa shape index (κ2) is 4.94. The third kappa shape index (κ3) is 3.96. The SMILES string of the molecule is CC(C)(C)OCc1nnc(CCl)n1C(C)(C)C. The van der Waals surface area contributed by atoms with Gasteiger partial charge in [0.25, 0.3) is 0 Å². The van der Waals surface area contributed by atoms with Gasteiger partial charge in [-0.3, -0.25) is 0 Å². The van der Waals surface area contributed by atoms with E-state index < -0.39 is 0 Å². The van der Waals surface area contributed by atoms with Crippen LogP contribution in [0.4, 0.5) is 0 Å². The van der Waals surface area contributed by atoms with Crippen LogP contribution in [-0.2, 0) is 22.8 Å². The molecule has 17 heavy (non-hydrogen) atoms. The van der Waals surface area contributed by atoms with Crippen molar-refractivity contribution < 1.29 is 4.74 Å². The van der Waals surface area contributed by atoms with Gasteiger partial charge in [0.05, 0.1) is 11.5 Å². The molecule has 1 rings (SSSR count). The third-order valence-electron chi connectivity index (χ3n) is 2.22. The zero-order valence-electron chi connectivity index (χ0n) is 11.5. The fourth-order valence-corrected chi connectivity index (χ4v) is 1.76. The molecule has 0 saturated carbocycles. The Kier molecular flexibility index (Phi) is 4.20. The van der Waals surface area contributed by atoms with Crippen LogP contribution < -0.4 is 0 Å². The predicted octanol–water partition coefficient (Wildman–Crippen LogP) is 3.09. The highest BCUT2D eigenvalue weighted by Crippen LogP contribution is 2.21. The number of nitrogens with zero attached hydrogens (tertiary/aromatic N) is 3. The number of aromatic nitrogens is 3. The van der Waals surface area contributed by atoms with E-state index in [1.807, 2.05) is 25.3 Å². The van der Waals surface area contributed by atoms with Gasteiger partial charge in [-0.15, -0.1) is 21.8 Å². The Morgan fingerprint density at radius 1 is 1.06 bits per heavy atom. The molecule has 4 nitrogen and oxygen atoms in total. The van der Waals surface area contributed by atoms with Gasteiger partial charge in [0.15, 0.2) is 5.82 Å². The van der Waals surface area contributed by atoms with E-state index >= 15 is 0 Å². The summed E-state index contributed by atoms with van der Waals surface area (Å²) in [7, 11) is 0. The minimum absolute atomic E-state index is 0.0930. The molecule has 0 aliphatic heterocycles. The summed E-state index contributed by atoms with van der Waals surface area (Å²) >= 11 is 5.88. The molecule has 0 bridgehead atoms. The lowest BCUT2D eigenvalue weighted by atomic mass is 10.1. The molecule has 98 valence electrons. The van der Waals surface area contributed by atoms with Crippen molar-refractivity contribution in [1.29, 1.82) is 0 Å². The molecule has 0 radical (unpaired) electrons. The largest absolute Gasteiger partial charge is 0.368 e. The molecule has 0 spiro atoms. The number of alkyl halides is 1. The molecule has 0 aliphatic carbocycles. The average Bonchev–Trinajstić information content (AvgIpc) is 2.55. The highest BCUT2D eigenvalue weighted by atomic mass is 35.5. The smallest absolute Gasteiger partial charge is 0.159 e. The minimum atomic E-state index is -0.185. The van der Waals surface area contributed by atoms with Crippen LogP contribution in [0.1, 0.15) is 53.2 Å². The first kappa shape index (κ1) is 14.5. The maximum Gasteiger partial charge on any atom is 0.159 e. The molecule has 0 saturated heterocycles. The van der Waals surface area contributed by atoms with E-state index in [9.17, 15) is 0 Å². The lowest BCUT2D eigenvalue weighted by molar-refractivity contribution is -0.0206. The second-order valence-corrected chi connectivity index (χ2v) is 6.34. The Morgan fingerprint density at radius 2 is 1.59 bits per heavy atom. The zero-order chi connectivity index (χ0) is 13.3. The van der Waals surface area contributed by atoms with Crippen LogP contribution in [0.15, 0.2) is 0 Å². The summed E-state index contributed by atoms with van der Waals surface area (Å²) in [6.45, 7) is 12.8. The van der Waals surface area contributed by atoms with Crippen molar-refractivity contribution in [3.05, 3.63) is 11.6 Å². The van der Waals surface area contributed by atoms with Crippen molar-refractivity contribution >= 4 is 11.6 Å². The molecule has 5 heteroatoms. The quantitative estimate of drug-likeness (QED) is 0.783. The van der Waals surface area contributed by atoms with Crippen LogP contribution in [0.5, 0.6) is 0 Å². The molecular weight excluding hydrogens is 238 g/mol. The van der Waals surface area contributed by atoms with E-state index in [1.54, 1.807) is 0 Å². The molecule has 0 N–H and O–H groups in total. The van der Waals surface area contributed by atoms with E-state index in [4.69, 9.17) is 16.3 Å². The highest BCUT2D eigenvalue weighted by molar-refractivity contribution is 6.16. The van der Waals surface area contributed by atoms with Crippen molar-refractivity contribution in [3.63, 3.8) is 0 Å². The van der Waals surface area contributed by atoms with Gasteiger partial charge in [0, 0.05) is 5.54 Å². The van der Waals surface area contributed by atoms with E-state index in [0.717, 1.165) is 11.6 Å². The molecule has 0 aliphatic rings. The Hall–Kier alpha value is -0.610. The zero-order valence-corrected chi connectivity index (χ0v) is 12.3. The summed E-state index contributed by atoms with van der Waals surface area (Å²) in [5, 5.41) is 8.26. The third-order valence-corrected chi connectivity index (χ3v) is 2.46. The van der Waals surface area contributed by atoms with Gasteiger partial charge in [0.1, 0.15) is 12.4 Å². The summed E-state index contributed by atoms with van der Waals surface area (Å²) in [5.74, 6) is 1.97. The van der Waals surface area contributed by atoms with E-state index in [1.165, 1.54) is 0 Å². The van der Waals surface area contributed by atoms with Gasteiger partial charge in [0.2, 0.25) is 0 Å². The monoisotopic (exact) mass is 259 g/mol. The highest BCUT2D eigenvalue weighted by Gasteiger charge is 2.23. The van der Waals surface area contributed by atoms with Crippen LogP contribution in [0.3, 0.4) is 0 Å². The second-order valence-electron chi connectivity index (χ2n) is 6.07. The Bertz CT molecular complexity index is 374. The fourth-order valence-electron chi connectivity index (χ4n) is 1.59. The maximum absolute atomic E-state index is 5.88. The number of hydrogen-bond acceptors (Lipinski definition) is 3. The Morgan fingerprint density at radius 3 is 2.00 bits per heavy atom. The number of halogens is 1. The lowest BCUT2D eigenvalue weighted by Crippen LogP contribution is -2.28. The van der Waals surface area contributed by atoms with Gasteiger partial charge in [-0.05, 0) is 41.5 Å². The van der Waals surface area contributed by atoms with Gasteiger partial charge in [-0.2, -0.15) is 0 Å². The normalized spacial score (nSPS) is 13.1. The van der Waals surface area contributed by atoms with Crippen LogP contribution in [0.2, 0.25) is 0 Å². The van der Waals surface area contributed by atoms with Crippen LogP contribution >= 0.6 is 11.6 Å². The first-order valence-corrected chi connectivity index (χ1v) is 6.32. The van der Waals surface area contributed by atoms with Crippen LogP contribution in [0.25, 0.3) is 0 Å². The van der Waals surface area contributed by atoms with Gasteiger partial charge >= 0.3 is 0 Å². The van der Waals surface area contributed by atoms with Crippen LogP contribution in [0, 0.1) is 0 Å². The van der Waals surface area contributed by atoms with Crippen molar-refractivity contribution in [1.82, 2.24) is 14.8 Å². The van der Waals surface area contributed by atoms with Crippen LogP contribution in [-0.4, -0.2) is 20.4 Å². The summed E-state index contributed by atoms with van der Waals surface area (Å²) in [6, 6.07) is 0. The van der Waals surface area contributed by atoms with Gasteiger partial charge < -0.3 is 9.30 Å². The Labute approximate surface area is 108 Å². The Balaban J connectivity index is 2.97. The fraction of sp³-hybridized carbons (Fsp3) is 0.833. The molecule has 1 heterocycles. The summed E-state index contributed by atoms with van der Waals surface area (Å²) in [4.78, 5) is 0. The molecular formula is C12H22ClN3O. The molecule has 0 unspecified atom stereocenters. The molecule has 0 fully saturated rings. The first-order chi connectivity index (χ1) is 7.65. The average molecular weight is 260 g/mol. The summed E-state index contributed by atoms with van der Waals surface area (Å²) < 4.78 is 7.79. The number of hydrogen-bond donors (Lipinski definition) is 0. The predicted molar refractivity (Wildman–Crippen MR) is 69.1 cm³/mol. The van der Waals surface area contributed by atoms with Crippen molar-refractivity contribution in [2.75, 3.05) is 0 Å². The van der Waals surface area contributed by atoms with E-state index in [-0.39, 0.29) is 11.1 Å². The van der Waals surface area contributed by atoms with Crippen molar-refractivity contribution in [2.24, 2.45) is 0 Å². The summed E-state index contributed by atoms with van der Waals surface area (Å²) in [6.07, 6.45) is 0. The maximum atomic E-state index is 5.88. The van der Waals surface area contributed by atoms with Crippen molar-refractivity contribution in [3.8, 4) is 0 Å². The number of ether oxygens (including phenoxy) is 1. The first-order valence-electron chi connectivity index (χ1n) is 5.79. The molecule has 1 aromatic rings. The number of rotatable bonds is 3. The van der Waals surface area contributed by atoms with Gasteiger partial charge in [-0.1, -0.05) is 0 Å². The lowest BCUT2D eigenvalue weighted by Gasteiger charge is -2.26. The molecule has 0 aromatic carbocycles. The van der Waals surface area contributed by atoms with E-state index in [0.29, 0.717) is 12.5 Å². The topological polar surface area (TPSA) is 39.9 Å². The summed E-state index contributed by atoms with van der Waals surface area (Å²) in [5.41, 5.74) is -0.278. The molecule has 0 atom stereocenters. The van der Waals surface area contributed by atoms with E-state index in [2.05, 4.69) is 31.0 Å². The van der Waals surface area contributed by atoms with Gasteiger partial charge in [-0.25, -0.2) is 0 Å². The van der Waals surface area contributed by atoms with Crippen molar-refractivity contribution in [2.45, 2.75) is 65.2 Å². The molecule has 0 amide bonds. The standard InChI is InChI=1S/C12H22ClN3O/c1-11(2,3)16-9(7-13)14-15-10(16)8-17-12(4,5)6/h7-8H2,1-6H3. The minimum Gasteiger partial charge on any atom is -0.368 e. The molecule has 1 aromatic heterocycles.